The Labute approximate surface area is 197 Å². The van der Waals surface area contributed by atoms with Crippen LogP contribution >= 0.6 is 0 Å². The summed E-state index contributed by atoms with van der Waals surface area (Å²) in [6.07, 6.45) is 0. The quantitative estimate of drug-likeness (QED) is 0.374. The number of nitrogens with two attached hydrogens (primary N) is 1. The summed E-state index contributed by atoms with van der Waals surface area (Å²) in [4.78, 5) is 27.2. The van der Waals surface area contributed by atoms with Gasteiger partial charge in [-0.3, -0.25) is 9.59 Å². The molecule has 3 aromatic rings. The molecule has 178 valence electrons. The Morgan fingerprint density at radius 1 is 0.824 bits per heavy atom. The fraction of sp³-hybridized carbons (Fsp3) is 0.200. The monoisotopic (exact) mass is 464 g/mol. The summed E-state index contributed by atoms with van der Waals surface area (Å²) in [6.45, 7) is 3.97. The lowest BCUT2D eigenvalue weighted by molar-refractivity contribution is 0.0997. The van der Waals surface area contributed by atoms with E-state index in [1.807, 2.05) is 30.3 Å². The first kappa shape index (κ1) is 24.4. The van der Waals surface area contributed by atoms with Crippen LogP contribution in [0.5, 0.6) is 17.2 Å². The predicted molar refractivity (Wildman–Crippen MR) is 131 cm³/mol. The standard InChI is InChI=1S/C18H21N3O4.C7H7NO/c1-20-6-8-21(9-7-20)14-4-2-13(3-5-14)19-18(25)12-10-15(22)17(24)16(23)11-12;8-7(9)6-4-2-1-3-5-6/h2-5,10-11,22-24H,6-9H2,1H3,(H,19,25);1-5H,(H2,8,9). The highest BCUT2D eigenvalue weighted by Crippen LogP contribution is 2.35. The molecule has 1 aliphatic heterocycles. The van der Waals surface area contributed by atoms with Gasteiger partial charge >= 0.3 is 0 Å². The van der Waals surface area contributed by atoms with Crippen LogP contribution < -0.4 is 16.0 Å². The number of phenolic OH excluding ortho intramolecular Hbond substituents is 3. The topological polar surface area (TPSA) is 139 Å². The molecule has 0 aromatic heterocycles. The molecule has 0 bridgehead atoms. The number of hydrogen-bond donors (Lipinski definition) is 5. The molecule has 4 rings (SSSR count). The van der Waals surface area contributed by atoms with E-state index in [1.54, 1.807) is 24.3 Å². The number of benzene rings is 3. The fourth-order valence-corrected chi connectivity index (χ4v) is 3.36. The molecule has 9 heteroatoms. The number of phenols is 3. The molecular formula is C25H28N4O5. The molecule has 0 spiro atoms. The van der Waals surface area contributed by atoms with Gasteiger partial charge < -0.3 is 36.2 Å². The van der Waals surface area contributed by atoms with Gasteiger partial charge in [0.25, 0.3) is 5.91 Å². The second kappa shape index (κ2) is 11.1. The van der Waals surface area contributed by atoms with E-state index in [2.05, 4.69) is 22.2 Å². The number of carbonyl (C=O) groups excluding carboxylic acids is 2. The van der Waals surface area contributed by atoms with Crippen molar-refractivity contribution in [2.45, 2.75) is 0 Å². The summed E-state index contributed by atoms with van der Waals surface area (Å²) in [7, 11) is 2.11. The van der Waals surface area contributed by atoms with Crippen molar-refractivity contribution in [1.29, 1.82) is 0 Å². The van der Waals surface area contributed by atoms with Crippen LogP contribution in [-0.4, -0.2) is 65.3 Å². The van der Waals surface area contributed by atoms with E-state index in [4.69, 9.17) is 5.73 Å². The summed E-state index contributed by atoms with van der Waals surface area (Å²) >= 11 is 0. The summed E-state index contributed by atoms with van der Waals surface area (Å²) in [5.41, 5.74) is 7.29. The average Bonchev–Trinajstić information content (AvgIpc) is 2.84. The third-order valence-corrected chi connectivity index (χ3v) is 5.38. The SMILES string of the molecule is CN1CCN(c2ccc(NC(=O)c3cc(O)c(O)c(O)c3)cc2)CC1.NC(=O)c1ccccc1. The molecular weight excluding hydrogens is 436 g/mol. The summed E-state index contributed by atoms with van der Waals surface area (Å²) in [6, 6.07) is 18.5. The van der Waals surface area contributed by atoms with Gasteiger partial charge in [0.1, 0.15) is 0 Å². The van der Waals surface area contributed by atoms with Crippen molar-refractivity contribution >= 4 is 23.2 Å². The van der Waals surface area contributed by atoms with Crippen LogP contribution in [0.15, 0.2) is 66.7 Å². The van der Waals surface area contributed by atoms with Crippen LogP contribution in [0, 0.1) is 0 Å². The average molecular weight is 465 g/mol. The third kappa shape index (κ3) is 6.39. The lowest BCUT2D eigenvalue weighted by Gasteiger charge is -2.34. The Balaban J connectivity index is 0.000000302. The van der Waals surface area contributed by atoms with Crippen LogP contribution in [0.4, 0.5) is 11.4 Å². The van der Waals surface area contributed by atoms with Crippen molar-refractivity contribution in [3.8, 4) is 17.2 Å². The lowest BCUT2D eigenvalue weighted by atomic mass is 10.1. The highest BCUT2D eigenvalue weighted by molar-refractivity contribution is 6.05. The molecule has 1 saturated heterocycles. The number of hydrogen-bond acceptors (Lipinski definition) is 7. The van der Waals surface area contributed by atoms with E-state index >= 15 is 0 Å². The van der Waals surface area contributed by atoms with Gasteiger partial charge in [-0.25, -0.2) is 0 Å². The fourth-order valence-electron chi connectivity index (χ4n) is 3.36. The molecule has 9 nitrogen and oxygen atoms in total. The number of likely N-dealkylation sites (N-methyl/N-ethyl adjacent to an activating group) is 1. The van der Waals surface area contributed by atoms with Gasteiger partial charge in [-0.15, -0.1) is 0 Å². The van der Waals surface area contributed by atoms with Crippen LogP contribution in [0.25, 0.3) is 0 Å². The van der Waals surface area contributed by atoms with Gasteiger partial charge in [0.15, 0.2) is 17.2 Å². The highest BCUT2D eigenvalue weighted by Gasteiger charge is 2.16. The number of rotatable bonds is 4. The van der Waals surface area contributed by atoms with E-state index in [0.29, 0.717) is 11.3 Å². The maximum Gasteiger partial charge on any atom is 0.255 e. The first-order valence-electron chi connectivity index (χ1n) is 10.7. The van der Waals surface area contributed by atoms with E-state index in [9.17, 15) is 24.9 Å². The second-order valence-corrected chi connectivity index (χ2v) is 7.88. The molecule has 1 aliphatic rings. The Morgan fingerprint density at radius 2 is 1.38 bits per heavy atom. The smallest absolute Gasteiger partial charge is 0.255 e. The summed E-state index contributed by atoms with van der Waals surface area (Å²) in [5, 5.41) is 31.0. The zero-order valence-corrected chi connectivity index (χ0v) is 18.8. The zero-order chi connectivity index (χ0) is 24.7. The molecule has 0 radical (unpaired) electrons. The van der Waals surface area contributed by atoms with Gasteiger partial charge in [0.05, 0.1) is 0 Å². The van der Waals surface area contributed by atoms with Crippen LogP contribution in [0.3, 0.4) is 0 Å². The number of nitrogens with zero attached hydrogens (tertiary/aromatic N) is 2. The Kier molecular flexibility index (Phi) is 7.94. The molecule has 0 aliphatic carbocycles. The lowest BCUT2D eigenvalue weighted by Crippen LogP contribution is -2.44. The van der Waals surface area contributed by atoms with Crippen molar-refractivity contribution in [1.82, 2.24) is 4.90 Å². The van der Waals surface area contributed by atoms with E-state index in [1.165, 1.54) is 0 Å². The number of aromatic hydroxyl groups is 3. The number of piperazine rings is 1. The molecule has 3 aromatic carbocycles. The van der Waals surface area contributed by atoms with Crippen molar-refractivity contribution in [2.75, 3.05) is 43.4 Å². The second-order valence-electron chi connectivity index (χ2n) is 7.88. The van der Waals surface area contributed by atoms with Gasteiger partial charge in [-0.2, -0.15) is 0 Å². The van der Waals surface area contributed by atoms with Gasteiger partial charge in [-0.05, 0) is 55.6 Å². The van der Waals surface area contributed by atoms with E-state index in [0.717, 1.165) is 44.0 Å². The first-order valence-corrected chi connectivity index (χ1v) is 10.7. The van der Waals surface area contributed by atoms with Crippen molar-refractivity contribution < 1.29 is 24.9 Å². The van der Waals surface area contributed by atoms with Crippen LogP contribution in [0.1, 0.15) is 20.7 Å². The van der Waals surface area contributed by atoms with Gasteiger partial charge in [0.2, 0.25) is 5.91 Å². The molecule has 2 amide bonds. The molecule has 0 unspecified atom stereocenters. The van der Waals surface area contributed by atoms with Gasteiger partial charge in [-0.1, -0.05) is 18.2 Å². The number of carbonyl (C=O) groups is 2. The molecule has 0 atom stereocenters. The number of amides is 2. The Bertz CT molecular complexity index is 1100. The van der Waals surface area contributed by atoms with E-state index in [-0.39, 0.29) is 11.5 Å². The largest absolute Gasteiger partial charge is 0.504 e. The van der Waals surface area contributed by atoms with Crippen LogP contribution in [-0.2, 0) is 0 Å². The molecule has 1 heterocycles. The van der Waals surface area contributed by atoms with Crippen molar-refractivity contribution in [3.05, 3.63) is 77.9 Å². The molecule has 34 heavy (non-hydrogen) atoms. The molecule has 0 saturated carbocycles. The molecule has 6 N–H and O–H groups in total. The normalized spacial score (nSPS) is 13.5. The minimum Gasteiger partial charge on any atom is -0.504 e. The van der Waals surface area contributed by atoms with E-state index < -0.39 is 23.2 Å². The number of anilines is 2. The van der Waals surface area contributed by atoms with Gasteiger partial charge in [0, 0.05) is 48.7 Å². The number of primary amides is 1. The number of nitrogens with one attached hydrogen (secondary N) is 1. The predicted octanol–water partition coefficient (Wildman–Crippen LogP) is 2.59. The minimum atomic E-state index is -0.645. The molecule has 1 fully saturated rings. The Morgan fingerprint density at radius 3 is 1.88 bits per heavy atom. The minimum absolute atomic E-state index is 0.0518. The maximum absolute atomic E-state index is 12.2. The Hall–Kier alpha value is -4.24. The van der Waals surface area contributed by atoms with Crippen molar-refractivity contribution in [3.63, 3.8) is 0 Å². The zero-order valence-electron chi connectivity index (χ0n) is 18.8. The third-order valence-electron chi connectivity index (χ3n) is 5.38. The summed E-state index contributed by atoms with van der Waals surface area (Å²) in [5.74, 6) is -2.60. The maximum atomic E-state index is 12.2. The highest BCUT2D eigenvalue weighted by atomic mass is 16.3. The van der Waals surface area contributed by atoms with Crippen LogP contribution in [0.2, 0.25) is 0 Å². The van der Waals surface area contributed by atoms with Crippen molar-refractivity contribution in [2.24, 2.45) is 5.73 Å². The first-order chi connectivity index (χ1) is 16.2. The summed E-state index contributed by atoms with van der Waals surface area (Å²) < 4.78 is 0.